The van der Waals surface area contributed by atoms with Gasteiger partial charge in [0, 0.05) is 34.9 Å². The number of nitrogens with one attached hydrogen (secondary N) is 1. The van der Waals surface area contributed by atoms with Gasteiger partial charge >= 0.3 is 0 Å². The lowest BCUT2D eigenvalue weighted by molar-refractivity contribution is 0.353. The summed E-state index contributed by atoms with van der Waals surface area (Å²) in [4.78, 5) is 0. The molecule has 0 aliphatic heterocycles. The van der Waals surface area contributed by atoms with Crippen molar-refractivity contribution < 1.29 is 13.7 Å². The molecule has 0 aliphatic carbocycles. The third kappa shape index (κ3) is 5.13. The Morgan fingerprint density at radius 1 is 1.20 bits per heavy atom. The van der Waals surface area contributed by atoms with E-state index in [-0.39, 0.29) is 6.04 Å². The van der Waals surface area contributed by atoms with Gasteiger partial charge in [-0.1, -0.05) is 6.07 Å². The van der Waals surface area contributed by atoms with E-state index in [0.717, 1.165) is 29.2 Å². The minimum atomic E-state index is -0.731. The van der Waals surface area contributed by atoms with Crippen molar-refractivity contribution in [2.24, 2.45) is 0 Å². The van der Waals surface area contributed by atoms with Crippen LogP contribution in [0.3, 0.4) is 0 Å². The first-order chi connectivity index (χ1) is 9.47. The van der Waals surface area contributed by atoms with Crippen LogP contribution in [0.4, 0.5) is 0 Å². The van der Waals surface area contributed by atoms with Gasteiger partial charge in [0.25, 0.3) is 0 Å². The second kappa shape index (κ2) is 8.27. The molecular formula is C15H25NO3S. The minimum absolute atomic E-state index is 0.204. The molecule has 0 fully saturated rings. The number of ether oxygens (including phenoxy) is 2. The fourth-order valence-corrected chi connectivity index (χ4v) is 2.76. The van der Waals surface area contributed by atoms with Gasteiger partial charge < -0.3 is 14.8 Å². The Balaban J connectivity index is 2.67. The molecule has 3 unspecified atom stereocenters. The average Bonchev–Trinajstić information content (AvgIpc) is 2.44. The van der Waals surface area contributed by atoms with E-state index >= 15 is 0 Å². The lowest BCUT2D eigenvalue weighted by atomic mass is 10.1. The van der Waals surface area contributed by atoms with Gasteiger partial charge in [-0.25, -0.2) is 0 Å². The molecule has 0 aliphatic rings. The third-order valence-corrected chi connectivity index (χ3v) is 4.09. The van der Waals surface area contributed by atoms with Crippen molar-refractivity contribution in [3.63, 3.8) is 0 Å². The highest BCUT2D eigenvalue weighted by atomic mass is 32.2. The highest BCUT2D eigenvalue weighted by Crippen LogP contribution is 2.30. The smallest absolute Gasteiger partial charge is 0.161 e. The third-order valence-electron chi connectivity index (χ3n) is 3.28. The van der Waals surface area contributed by atoms with Gasteiger partial charge in [0.1, 0.15) is 0 Å². The van der Waals surface area contributed by atoms with Gasteiger partial charge in [-0.2, -0.15) is 0 Å². The summed E-state index contributed by atoms with van der Waals surface area (Å²) in [6, 6.07) is 6.46. The van der Waals surface area contributed by atoms with Crippen molar-refractivity contribution in [1.82, 2.24) is 5.32 Å². The van der Waals surface area contributed by atoms with E-state index in [0.29, 0.717) is 6.04 Å². The summed E-state index contributed by atoms with van der Waals surface area (Å²) >= 11 is 0. The first-order valence-corrected chi connectivity index (χ1v) is 8.48. The molecule has 1 rings (SSSR count). The van der Waals surface area contributed by atoms with Gasteiger partial charge in [0.05, 0.1) is 14.2 Å². The summed E-state index contributed by atoms with van der Waals surface area (Å²) in [6.45, 7) is 4.23. The van der Waals surface area contributed by atoms with Crippen LogP contribution in [0.2, 0.25) is 0 Å². The topological polar surface area (TPSA) is 47.6 Å². The molecule has 3 atom stereocenters. The largest absolute Gasteiger partial charge is 0.493 e. The first-order valence-electron chi connectivity index (χ1n) is 6.76. The molecule has 0 spiro atoms. The van der Waals surface area contributed by atoms with E-state index in [4.69, 9.17) is 9.47 Å². The number of hydrogen-bond donors (Lipinski definition) is 1. The molecule has 0 bridgehead atoms. The molecule has 114 valence electrons. The highest BCUT2D eigenvalue weighted by molar-refractivity contribution is 7.84. The monoisotopic (exact) mass is 299 g/mol. The van der Waals surface area contributed by atoms with Gasteiger partial charge in [-0.3, -0.25) is 4.21 Å². The normalized spacial score (nSPS) is 15.4. The van der Waals surface area contributed by atoms with Gasteiger partial charge in [0.2, 0.25) is 0 Å². The Hall–Kier alpha value is -1.07. The zero-order chi connectivity index (χ0) is 15.1. The van der Waals surface area contributed by atoms with E-state index in [1.807, 2.05) is 18.2 Å². The molecule has 0 radical (unpaired) electrons. The second-order valence-corrected chi connectivity index (χ2v) is 6.52. The van der Waals surface area contributed by atoms with E-state index < -0.39 is 10.8 Å². The van der Waals surface area contributed by atoms with Crippen LogP contribution in [0.15, 0.2) is 18.2 Å². The molecule has 1 aromatic rings. The van der Waals surface area contributed by atoms with Crippen molar-refractivity contribution in [3.05, 3.63) is 23.8 Å². The molecule has 0 aromatic heterocycles. The average molecular weight is 299 g/mol. The Labute approximate surface area is 124 Å². The summed E-state index contributed by atoms with van der Waals surface area (Å²) in [5.74, 6) is 2.20. The van der Waals surface area contributed by atoms with Crippen LogP contribution in [-0.4, -0.2) is 36.5 Å². The lowest BCUT2D eigenvalue weighted by Gasteiger charge is -2.21. The molecule has 20 heavy (non-hydrogen) atoms. The maximum atomic E-state index is 11.1. The van der Waals surface area contributed by atoms with Crippen LogP contribution >= 0.6 is 0 Å². The van der Waals surface area contributed by atoms with E-state index in [2.05, 4.69) is 19.2 Å². The van der Waals surface area contributed by atoms with E-state index in [9.17, 15) is 4.21 Å². The SMILES string of the molecule is COc1ccc(C(C)NC(C)CCS(C)=O)cc1OC. The molecule has 0 saturated heterocycles. The number of benzene rings is 1. The molecule has 0 saturated carbocycles. The van der Waals surface area contributed by atoms with Crippen LogP contribution in [0, 0.1) is 0 Å². The second-order valence-electron chi connectivity index (χ2n) is 4.97. The van der Waals surface area contributed by atoms with Crippen LogP contribution in [0.5, 0.6) is 11.5 Å². The van der Waals surface area contributed by atoms with Crippen LogP contribution in [0.1, 0.15) is 31.9 Å². The maximum absolute atomic E-state index is 11.1. The number of rotatable bonds is 8. The van der Waals surface area contributed by atoms with Gasteiger partial charge in [-0.15, -0.1) is 0 Å². The van der Waals surface area contributed by atoms with Crippen molar-refractivity contribution >= 4 is 10.8 Å². The van der Waals surface area contributed by atoms with Gasteiger partial charge in [0.15, 0.2) is 11.5 Å². The maximum Gasteiger partial charge on any atom is 0.161 e. The zero-order valence-electron chi connectivity index (χ0n) is 12.9. The molecular weight excluding hydrogens is 274 g/mol. The van der Waals surface area contributed by atoms with Crippen molar-refractivity contribution in [1.29, 1.82) is 0 Å². The molecule has 0 heterocycles. The standard InChI is InChI=1S/C15H25NO3S/c1-11(8-9-20(5)17)16-12(2)13-6-7-14(18-3)15(10-13)19-4/h6-7,10-12,16H,8-9H2,1-5H3. The molecule has 5 heteroatoms. The number of methoxy groups -OCH3 is 2. The first kappa shape index (κ1) is 17.0. The Morgan fingerprint density at radius 3 is 2.40 bits per heavy atom. The van der Waals surface area contributed by atoms with Crippen molar-refractivity contribution in [2.45, 2.75) is 32.4 Å². The summed E-state index contributed by atoms with van der Waals surface area (Å²) in [7, 11) is 2.54. The Bertz CT molecular complexity index is 451. The van der Waals surface area contributed by atoms with E-state index in [1.54, 1.807) is 20.5 Å². The Morgan fingerprint density at radius 2 is 1.85 bits per heavy atom. The summed E-state index contributed by atoms with van der Waals surface area (Å²) in [5, 5.41) is 3.51. The predicted molar refractivity (Wildman–Crippen MR) is 84.1 cm³/mol. The van der Waals surface area contributed by atoms with Crippen molar-refractivity contribution in [3.8, 4) is 11.5 Å². The van der Waals surface area contributed by atoms with Crippen LogP contribution in [0.25, 0.3) is 0 Å². The predicted octanol–water partition coefficient (Wildman–Crippen LogP) is 2.51. The molecule has 1 aromatic carbocycles. The zero-order valence-corrected chi connectivity index (χ0v) is 13.8. The van der Waals surface area contributed by atoms with Crippen LogP contribution in [-0.2, 0) is 10.8 Å². The molecule has 4 nitrogen and oxygen atoms in total. The van der Waals surface area contributed by atoms with Gasteiger partial charge in [-0.05, 0) is 38.0 Å². The quantitative estimate of drug-likeness (QED) is 0.801. The van der Waals surface area contributed by atoms with Crippen LogP contribution < -0.4 is 14.8 Å². The molecule has 1 N–H and O–H groups in total. The minimum Gasteiger partial charge on any atom is -0.493 e. The highest BCUT2D eigenvalue weighted by Gasteiger charge is 2.12. The van der Waals surface area contributed by atoms with Crippen molar-refractivity contribution in [2.75, 3.05) is 26.2 Å². The Kier molecular flexibility index (Phi) is 7.02. The fraction of sp³-hybridized carbons (Fsp3) is 0.600. The summed E-state index contributed by atoms with van der Waals surface area (Å²) in [6.07, 6.45) is 2.64. The molecule has 0 amide bonds. The fourth-order valence-electron chi connectivity index (χ4n) is 2.07. The van der Waals surface area contributed by atoms with E-state index in [1.165, 1.54) is 0 Å². The number of hydrogen-bond acceptors (Lipinski definition) is 4. The summed E-state index contributed by atoms with van der Waals surface area (Å²) < 4.78 is 21.7. The lowest BCUT2D eigenvalue weighted by Crippen LogP contribution is -2.30. The summed E-state index contributed by atoms with van der Waals surface area (Å²) in [5.41, 5.74) is 1.15.